The van der Waals surface area contributed by atoms with E-state index >= 15 is 0 Å². The van der Waals surface area contributed by atoms with Crippen LogP contribution in [0, 0.1) is 18.6 Å². The number of anilines is 1. The minimum absolute atomic E-state index is 0.0571. The number of hydrogen-bond donors (Lipinski definition) is 1. The zero-order valence-electron chi connectivity index (χ0n) is 16.9. The minimum Gasteiger partial charge on any atom is -0.449 e. The molecule has 0 unspecified atom stereocenters. The molecular formula is C21H16F5NO5. The van der Waals surface area contributed by atoms with E-state index in [1.54, 1.807) is 6.92 Å². The normalized spacial score (nSPS) is 15.7. The molecular weight excluding hydrogens is 441 g/mol. The van der Waals surface area contributed by atoms with Crippen LogP contribution in [0.3, 0.4) is 0 Å². The summed E-state index contributed by atoms with van der Waals surface area (Å²) in [7, 11) is 0. The second-order valence-electron chi connectivity index (χ2n) is 7.25. The van der Waals surface area contributed by atoms with Crippen molar-refractivity contribution in [3.63, 3.8) is 0 Å². The van der Waals surface area contributed by atoms with Gasteiger partial charge in [-0.25, -0.2) is 18.4 Å². The van der Waals surface area contributed by atoms with Crippen molar-refractivity contribution < 1.29 is 45.8 Å². The van der Waals surface area contributed by atoms with Gasteiger partial charge in [0, 0.05) is 20.0 Å². The third kappa shape index (κ3) is 4.98. The molecule has 1 aliphatic heterocycles. The molecule has 0 amide bonds. The number of benzene rings is 2. The smallest absolute Gasteiger partial charge is 0.416 e. The Morgan fingerprint density at radius 2 is 1.56 bits per heavy atom. The first-order valence-electron chi connectivity index (χ1n) is 9.05. The van der Waals surface area contributed by atoms with Gasteiger partial charge in [0.2, 0.25) is 0 Å². The molecule has 1 N–H and O–H groups in total. The number of rotatable bonds is 4. The van der Waals surface area contributed by atoms with Crippen LogP contribution in [0.2, 0.25) is 0 Å². The molecule has 170 valence electrons. The molecule has 0 spiro atoms. The molecule has 32 heavy (non-hydrogen) atoms. The van der Waals surface area contributed by atoms with Crippen LogP contribution in [0.5, 0.6) is 11.5 Å². The predicted octanol–water partition coefficient (Wildman–Crippen LogP) is 5.22. The van der Waals surface area contributed by atoms with Crippen molar-refractivity contribution in [2.24, 2.45) is 0 Å². The largest absolute Gasteiger partial charge is 0.449 e. The predicted molar refractivity (Wildman–Crippen MR) is 101 cm³/mol. The number of nitrogens with one attached hydrogen (secondary N) is 1. The van der Waals surface area contributed by atoms with Gasteiger partial charge in [0.15, 0.2) is 28.7 Å². The molecule has 1 aliphatic rings. The molecule has 2 aromatic carbocycles. The first kappa shape index (κ1) is 23.0. The van der Waals surface area contributed by atoms with Gasteiger partial charge in [-0.05, 0) is 36.8 Å². The number of alkyl halides is 3. The van der Waals surface area contributed by atoms with E-state index < -0.39 is 52.4 Å². The number of aryl methyl sites for hydroxylation is 1. The monoisotopic (exact) mass is 457 g/mol. The first-order valence-corrected chi connectivity index (χ1v) is 9.05. The fourth-order valence-electron chi connectivity index (χ4n) is 2.71. The highest BCUT2D eigenvalue weighted by atomic mass is 19.4. The lowest BCUT2D eigenvalue weighted by molar-refractivity contribution is -0.222. The molecule has 1 fully saturated rings. The molecule has 0 radical (unpaired) electrons. The maximum absolute atomic E-state index is 14.2. The summed E-state index contributed by atoms with van der Waals surface area (Å²) in [6, 6.07) is 4.48. The highest BCUT2D eigenvalue weighted by molar-refractivity contribution is 6.15. The molecule has 11 heteroatoms. The number of hydrogen-bond acceptors (Lipinski definition) is 6. The maximum atomic E-state index is 14.2. The van der Waals surface area contributed by atoms with Crippen LogP contribution in [0.1, 0.15) is 25.0 Å². The molecule has 0 bridgehead atoms. The Kier molecular flexibility index (Phi) is 5.86. The maximum Gasteiger partial charge on any atom is 0.416 e. The molecule has 1 saturated heterocycles. The third-order valence-corrected chi connectivity index (χ3v) is 4.16. The Hall–Kier alpha value is -3.63. The fraction of sp³-hybridized carbons (Fsp3) is 0.238. The lowest BCUT2D eigenvalue weighted by Crippen LogP contribution is -2.42. The van der Waals surface area contributed by atoms with Crippen molar-refractivity contribution in [2.45, 2.75) is 32.7 Å². The highest BCUT2D eigenvalue weighted by Crippen LogP contribution is 2.37. The van der Waals surface area contributed by atoms with E-state index in [1.807, 2.05) is 0 Å². The van der Waals surface area contributed by atoms with Crippen molar-refractivity contribution in [3.05, 3.63) is 64.9 Å². The quantitative estimate of drug-likeness (QED) is 0.294. The van der Waals surface area contributed by atoms with Gasteiger partial charge in [-0.3, -0.25) is 0 Å². The Balaban J connectivity index is 1.92. The summed E-state index contributed by atoms with van der Waals surface area (Å²) in [5, 5.41) is 2.59. The average Bonchev–Trinajstić information content (AvgIpc) is 2.63. The number of halogens is 5. The molecule has 2 aromatic rings. The Morgan fingerprint density at radius 1 is 1.00 bits per heavy atom. The second kappa shape index (κ2) is 8.13. The zero-order chi connectivity index (χ0) is 23.8. The zero-order valence-corrected chi connectivity index (χ0v) is 16.9. The SMILES string of the molecule is Cc1ccc(Oc2c(F)cc(C(F)(F)F)cc2F)c(NC=C2C(=O)OC(C)(C)OC2=O)c1. The average molecular weight is 457 g/mol. The fourth-order valence-corrected chi connectivity index (χ4v) is 2.71. The standard InChI is InChI=1S/C21H16F5NO5/c1-10-4-5-16(30-17-13(22)7-11(8-14(17)23)21(24,25)26)15(6-10)27-9-12-18(28)31-20(2,3)32-19(12)29/h4-9,27H,1-3H3. The lowest BCUT2D eigenvalue weighted by atomic mass is 10.1. The lowest BCUT2D eigenvalue weighted by Gasteiger charge is -2.29. The first-order chi connectivity index (χ1) is 14.8. The summed E-state index contributed by atoms with van der Waals surface area (Å²) in [6.45, 7) is 4.41. The van der Waals surface area contributed by atoms with E-state index in [0.717, 1.165) is 6.20 Å². The summed E-state index contributed by atoms with van der Waals surface area (Å²) in [5.74, 6) is -7.75. The van der Waals surface area contributed by atoms with E-state index in [9.17, 15) is 31.5 Å². The van der Waals surface area contributed by atoms with E-state index in [4.69, 9.17) is 14.2 Å². The molecule has 1 heterocycles. The van der Waals surface area contributed by atoms with Gasteiger partial charge in [-0.2, -0.15) is 13.2 Å². The Morgan fingerprint density at radius 3 is 2.09 bits per heavy atom. The van der Waals surface area contributed by atoms with Gasteiger partial charge in [-0.1, -0.05) is 6.07 Å². The molecule has 0 atom stereocenters. The van der Waals surface area contributed by atoms with Crippen LogP contribution < -0.4 is 10.1 Å². The van der Waals surface area contributed by atoms with Gasteiger partial charge < -0.3 is 19.5 Å². The van der Waals surface area contributed by atoms with Crippen LogP contribution in [0.15, 0.2) is 42.1 Å². The molecule has 0 aromatic heterocycles. The highest BCUT2D eigenvalue weighted by Gasteiger charge is 2.39. The minimum atomic E-state index is -4.94. The van der Waals surface area contributed by atoms with E-state index in [1.165, 1.54) is 32.0 Å². The molecule has 3 rings (SSSR count). The van der Waals surface area contributed by atoms with Crippen LogP contribution in [0.4, 0.5) is 27.6 Å². The summed E-state index contributed by atoms with van der Waals surface area (Å²) >= 11 is 0. The Bertz CT molecular complexity index is 1080. The summed E-state index contributed by atoms with van der Waals surface area (Å²) in [4.78, 5) is 24.1. The van der Waals surface area contributed by atoms with Crippen molar-refractivity contribution in [2.75, 3.05) is 5.32 Å². The number of ether oxygens (including phenoxy) is 3. The molecule has 0 aliphatic carbocycles. The van der Waals surface area contributed by atoms with Gasteiger partial charge in [0.25, 0.3) is 5.79 Å². The number of carbonyl (C=O) groups is 2. The van der Waals surface area contributed by atoms with Crippen molar-refractivity contribution in [1.82, 2.24) is 0 Å². The Labute approximate surface area is 178 Å². The van der Waals surface area contributed by atoms with Crippen LogP contribution in [-0.4, -0.2) is 17.7 Å². The van der Waals surface area contributed by atoms with E-state index in [-0.39, 0.29) is 23.6 Å². The summed E-state index contributed by atoms with van der Waals surface area (Å²) < 4.78 is 81.6. The number of esters is 2. The summed E-state index contributed by atoms with van der Waals surface area (Å²) in [6.07, 6.45) is -3.98. The second-order valence-corrected chi connectivity index (χ2v) is 7.25. The van der Waals surface area contributed by atoms with Crippen molar-refractivity contribution in [3.8, 4) is 11.5 Å². The van der Waals surface area contributed by atoms with Crippen molar-refractivity contribution >= 4 is 17.6 Å². The third-order valence-electron chi connectivity index (χ3n) is 4.16. The molecule has 0 saturated carbocycles. The van der Waals surface area contributed by atoms with Crippen LogP contribution >= 0.6 is 0 Å². The summed E-state index contributed by atoms with van der Waals surface area (Å²) in [5.41, 5.74) is -1.28. The van der Waals surface area contributed by atoms with E-state index in [0.29, 0.717) is 5.56 Å². The van der Waals surface area contributed by atoms with Crippen LogP contribution in [0.25, 0.3) is 0 Å². The van der Waals surface area contributed by atoms with Crippen molar-refractivity contribution in [1.29, 1.82) is 0 Å². The number of cyclic esters (lactones) is 2. The van der Waals surface area contributed by atoms with Gasteiger partial charge in [0.1, 0.15) is 0 Å². The topological polar surface area (TPSA) is 73.9 Å². The van der Waals surface area contributed by atoms with Crippen LogP contribution in [-0.2, 0) is 25.2 Å². The van der Waals surface area contributed by atoms with Gasteiger partial charge in [0.05, 0.1) is 11.3 Å². The number of carbonyl (C=O) groups excluding carboxylic acids is 2. The molecule has 6 nitrogen and oxygen atoms in total. The van der Waals surface area contributed by atoms with Gasteiger partial charge in [-0.15, -0.1) is 0 Å². The van der Waals surface area contributed by atoms with Gasteiger partial charge >= 0.3 is 18.1 Å². The van der Waals surface area contributed by atoms with E-state index in [2.05, 4.69) is 5.32 Å².